The second-order valence-electron chi connectivity index (χ2n) is 8.00. The first-order valence-corrected chi connectivity index (χ1v) is 12.0. The van der Waals surface area contributed by atoms with Crippen LogP contribution in [0.25, 0.3) is 0 Å². The number of hydrogen-bond acceptors (Lipinski definition) is 8. The summed E-state index contributed by atoms with van der Waals surface area (Å²) in [6, 6.07) is 13.0. The third-order valence-corrected chi connectivity index (χ3v) is 7.80. The second-order valence-corrected chi connectivity index (χ2v) is 9.86. The summed E-state index contributed by atoms with van der Waals surface area (Å²) in [5, 5.41) is 0. The van der Waals surface area contributed by atoms with E-state index in [1.54, 1.807) is 36.4 Å². The normalized spacial score (nSPS) is 17.6. The predicted octanol–water partition coefficient (Wildman–Crippen LogP) is 2.43. The first-order valence-electron chi connectivity index (χ1n) is 10.6. The number of methoxy groups -OCH3 is 3. The van der Waals surface area contributed by atoms with Gasteiger partial charge in [-0.05, 0) is 36.6 Å². The Morgan fingerprint density at radius 3 is 2.09 bits per heavy atom. The highest BCUT2D eigenvalue weighted by Crippen LogP contribution is 2.46. The van der Waals surface area contributed by atoms with E-state index < -0.39 is 45.7 Å². The molecular weight excluding hydrogens is 462 g/mol. The van der Waals surface area contributed by atoms with E-state index in [9.17, 15) is 22.8 Å². The molecule has 2 aromatic rings. The number of para-hydroxylation sites is 1. The van der Waals surface area contributed by atoms with Gasteiger partial charge in [0.2, 0.25) is 0 Å². The summed E-state index contributed by atoms with van der Waals surface area (Å²) in [5.41, 5.74) is 1.63. The molecule has 1 aliphatic rings. The molecule has 0 spiro atoms. The minimum Gasteiger partial charge on any atom is -0.469 e. The van der Waals surface area contributed by atoms with Gasteiger partial charge >= 0.3 is 17.9 Å². The van der Waals surface area contributed by atoms with Crippen LogP contribution >= 0.6 is 0 Å². The number of carbonyl (C=O) groups is 3. The molecule has 0 aromatic heterocycles. The smallest absolute Gasteiger partial charge is 0.320 e. The van der Waals surface area contributed by atoms with Crippen LogP contribution < -0.4 is 4.31 Å². The Balaban J connectivity index is 2.21. The molecule has 1 heterocycles. The number of aryl methyl sites for hydroxylation is 1. The van der Waals surface area contributed by atoms with Gasteiger partial charge < -0.3 is 14.2 Å². The maximum atomic E-state index is 13.6. The lowest BCUT2D eigenvalue weighted by Gasteiger charge is -2.41. The summed E-state index contributed by atoms with van der Waals surface area (Å²) >= 11 is 0. The third-order valence-electron chi connectivity index (χ3n) is 6.01. The molecule has 0 bridgehead atoms. The SMILES string of the molecule is COC(=O)CC1CN(S(=O)(=O)c2ccc(C)cc2)c2ccccc2C1C(C(=O)OC)C(=O)OC. The zero-order chi connectivity index (χ0) is 25.0. The van der Waals surface area contributed by atoms with Crippen molar-refractivity contribution in [3.05, 3.63) is 59.7 Å². The minimum absolute atomic E-state index is 0.0839. The van der Waals surface area contributed by atoms with Crippen molar-refractivity contribution < 1.29 is 37.0 Å². The monoisotopic (exact) mass is 489 g/mol. The Morgan fingerprint density at radius 1 is 0.941 bits per heavy atom. The van der Waals surface area contributed by atoms with Crippen LogP contribution in [0.5, 0.6) is 0 Å². The van der Waals surface area contributed by atoms with Crippen LogP contribution in [0.4, 0.5) is 5.69 Å². The molecule has 10 heteroatoms. The molecule has 34 heavy (non-hydrogen) atoms. The molecular formula is C24H27NO8S. The van der Waals surface area contributed by atoms with Crippen LogP contribution in [-0.2, 0) is 38.6 Å². The maximum Gasteiger partial charge on any atom is 0.320 e. The Kier molecular flexibility index (Phi) is 7.61. The molecule has 2 atom stereocenters. The maximum absolute atomic E-state index is 13.6. The summed E-state index contributed by atoms with van der Waals surface area (Å²) in [7, 11) is -0.506. The highest BCUT2D eigenvalue weighted by Gasteiger charge is 2.48. The number of ether oxygens (including phenoxy) is 3. The Bertz CT molecular complexity index is 1160. The van der Waals surface area contributed by atoms with Gasteiger partial charge in [-0.15, -0.1) is 0 Å². The standard InChI is InChI=1S/C24H27NO8S/c1-15-9-11-17(12-10-15)34(29,30)25-14-16(13-20(26)31-2)21(18-7-5-6-8-19(18)25)22(23(27)32-3)24(28)33-4/h5-12,16,21-22H,13-14H2,1-4H3. The van der Waals surface area contributed by atoms with Crippen LogP contribution in [0.3, 0.4) is 0 Å². The molecule has 1 aliphatic heterocycles. The van der Waals surface area contributed by atoms with Crippen molar-refractivity contribution in [3.63, 3.8) is 0 Å². The second kappa shape index (κ2) is 10.3. The lowest BCUT2D eigenvalue weighted by Crippen LogP contribution is -2.47. The van der Waals surface area contributed by atoms with Crippen LogP contribution in [0.15, 0.2) is 53.4 Å². The van der Waals surface area contributed by atoms with Crippen molar-refractivity contribution in [1.82, 2.24) is 0 Å². The molecule has 3 rings (SSSR count). The van der Waals surface area contributed by atoms with E-state index in [2.05, 4.69) is 0 Å². The molecule has 2 aromatic carbocycles. The van der Waals surface area contributed by atoms with E-state index in [0.717, 1.165) is 19.8 Å². The van der Waals surface area contributed by atoms with Gasteiger partial charge in [0, 0.05) is 12.5 Å². The van der Waals surface area contributed by atoms with E-state index in [4.69, 9.17) is 14.2 Å². The molecule has 0 radical (unpaired) electrons. The molecule has 0 amide bonds. The highest BCUT2D eigenvalue weighted by molar-refractivity contribution is 7.92. The summed E-state index contributed by atoms with van der Waals surface area (Å²) in [5.74, 6) is -5.32. The highest BCUT2D eigenvalue weighted by atomic mass is 32.2. The number of anilines is 1. The van der Waals surface area contributed by atoms with Gasteiger partial charge in [0.15, 0.2) is 5.92 Å². The number of rotatable bonds is 7. The third kappa shape index (κ3) is 4.77. The van der Waals surface area contributed by atoms with Gasteiger partial charge in [-0.3, -0.25) is 18.7 Å². The molecule has 0 aliphatic carbocycles. The summed E-state index contributed by atoms with van der Waals surface area (Å²) in [4.78, 5) is 37.7. The minimum atomic E-state index is -4.02. The van der Waals surface area contributed by atoms with Crippen molar-refractivity contribution in [2.45, 2.75) is 24.2 Å². The zero-order valence-electron chi connectivity index (χ0n) is 19.4. The van der Waals surface area contributed by atoms with Gasteiger partial charge in [0.1, 0.15) is 0 Å². The Labute approximate surface area is 198 Å². The van der Waals surface area contributed by atoms with Crippen molar-refractivity contribution in [1.29, 1.82) is 0 Å². The van der Waals surface area contributed by atoms with Gasteiger partial charge in [0.25, 0.3) is 10.0 Å². The largest absolute Gasteiger partial charge is 0.469 e. The average Bonchev–Trinajstić information content (AvgIpc) is 2.84. The first-order chi connectivity index (χ1) is 16.1. The number of fused-ring (bicyclic) bond motifs is 1. The van der Waals surface area contributed by atoms with E-state index in [0.29, 0.717) is 11.3 Å². The molecule has 0 saturated carbocycles. The zero-order valence-corrected chi connectivity index (χ0v) is 20.2. The van der Waals surface area contributed by atoms with E-state index in [1.165, 1.54) is 23.5 Å². The van der Waals surface area contributed by atoms with E-state index in [-0.39, 0.29) is 17.9 Å². The number of esters is 3. The van der Waals surface area contributed by atoms with Gasteiger partial charge in [-0.1, -0.05) is 35.9 Å². The molecule has 182 valence electrons. The topological polar surface area (TPSA) is 116 Å². The number of nitrogens with zero attached hydrogens (tertiary/aromatic N) is 1. The number of benzene rings is 2. The van der Waals surface area contributed by atoms with Crippen molar-refractivity contribution in [2.75, 3.05) is 32.2 Å². The summed E-state index contributed by atoms with van der Waals surface area (Å²) in [6.45, 7) is 1.70. The molecule has 0 saturated heterocycles. The van der Waals surface area contributed by atoms with Gasteiger partial charge in [-0.25, -0.2) is 8.42 Å². The molecule has 0 N–H and O–H groups in total. The Hall–Kier alpha value is -3.40. The van der Waals surface area contributed by atoms with Crippen LogP contribution in [-0.4, -0.2) is 54.2 Å². The van der Waals surface area contributed by atoms with Crippen molar-refractivity contribution in [2.24, 2.45) is 11.8 Å². The van der Waals surface area contributed by atoms with Crippen LogP contribution in [0, 0.1) is 18.8 Å². The van der Waals surface area contributed by atoms with Crippen molar-refractivity contribution >= 4 is 33.6 Å². The van der Waals surface area contributed by atoms with Gasteiger partial charge in [-0.2, -0.15) is 0 Å². The van der Waals surface area contributed by atoms with Crippen molar-refractivity contribution in [3.8, 4) is 0 Å². The fourth-order valence-electron chi connectivity index (χ4n) is 4.32. The number of sulfonamides is 1. The average molecular weight is 490 g/mol. The predicted molar refractivity (Wildman–Crippen MR) is 123 cm³/mol. The lowest BCUT2D eigenvalue weighted by molar-refractivity contribution is -0.161. The quantitative estimate of drug-likeness (QED) is 0.331. The summed E-state index contributed by atoms with van der Waals surface area (Å²) in [6.07, 6.45) is -0.222. The summed E-state index contributed by atoms with van der Waals surface area (Å²) < 4.78 is 43.1. The fourth-order valence-corrected chi connectivity index (χ4v) is 5.87. The number of hydrogen-bond donors (Lipinski definition) is 0. The van der Waals surface area contributed by atoms with E-state index >= 15 is 0 Å². The number of carbonyl (C=O) groups excluding carboxylic acids is 3. The van der Waals surface area contributed by atoms with Crippen LogP contribution in [0.2, 0.25) is 0 Å². The fraction of sp³-hybridized carbons (Fsp3) is 0.375. The van der Waals surface area contributed by atoms with Gasteiger partial charge in [0.05, 0.1) is 38.3 Å². The lowest BCUT2D eigenvalue weighted by atomic mass is 9.72. The molecule has 2 unspecified atom stereocenters. The van der Waals surface area contributed by atoms with E-state index in [1.807, 2.05) is 6.92 Å². The Morgan fingerprint density at radius 2 is 1.53 bits per heavy atom. The molecule has 9 nitrogen and oxygen atoms in total. The van der Waals surface area contributed by atoms with Crippen LogP contribution in [0.1, 0.15) is 23.5 Å². The first kappa shape index (κ1) is 25.2. The molecule has 0 fully saturated rings.